The van der Waals surface area contributed by atoms with Gasteiger partial charge in [-0.3, -0.25) is 29.4 Å². The van der Waals surface area contributed by atoms with Crippen molar-refractivity contribution in [2.75, 3.05) is 11.9 Å². The second kappa shape index (κ2) is 7.59. The van der Waals surface area contributed by atoms with Crippen molar-refractivity contribution >= 4 is 29.1 Å². The molecule has 8 heteroatoms. The Kier molecular flexibility index (Phi) is 5.21. The predicted octanol–water partition coefficient (Wildman–Crippen LogP) is 2.95. The number of aryl methyl sites for hydroxylation is 2. The first kappa shape index (κ1) is 19.2. The van der Waals surface area contributed by atoms with E-state index >= 15 is 0 Å². The number of carbonyl (C=O) groups is 3. The third-order valence-electron chi connectivity index (χ3n) is 4.74. The van der Waals surface area contributed by atoms with Crippen LogP contribution in [-0.2, 0) is 17.6 Å². The van der Waals surface area contributed by atoms with Crippen molar-refractivity contribution in [2.45, 2.75) is 26.7 Å². The van der Waals surface area contributed by atoms with Crippen molar-refractivity contribution in [3.63, 3.8) is 0 Å². The molecule has 0 radical (unpaired) electrons. The third kappa shape index (κ3) is 3.24. The Morgan fingerprint density at radius 2 is 1.64 bits per heavy atom. The van der Waals surface area contributed by atoms with Gasteiger partial charge < -0.3 is 5.32 Å². The highest BCUT2D eigenvalue weighted by Gasteiger charge is 2.41. The number of anilines is 1. The number of imide groups is 1. The second-order valence-electron chi connectivity index (χ2n) is 6.36. The average molecular weight is 381 g/mol. The Bertz CT molecular complexity index is 977. The Morgan fingerprint density at radius 3 is 2.21 bits per heavy atom. The van der Waals surface area contributed by atoms with Crippen LogP contribution in [0, 0.1) is 10.1 Å². The second-order valence-corrected chi connectivity index (χ2v) is 6.36. The molecule has 1 N–H and O–H groups in total. The molecule has 0 bridgehead atoms. The van der Waals surface area contributed by atoms with Gasteiger partial charge in [0.25, 0.3) is 17.5 Å². The molecule has 28 heavy (non-hydrogen) atoms. The van der Waals surface area contributed by atoms with Crippen LogP contribution in [-0.4, -0.2) is 34.1 Å². The fourth-order valence-corrected chi connectivity index (χ4v) is 3.34. The smallest absolute Gasteiger partial charge is 0.282 e. The minimum atomic E-state index is -0.832. The number of nitrogens with one attached hydrogen (secondary N) is 1. The molecule has 3 rings (SSSR count). The predicted molar refractivity (Wildman–Crippen MR) is 102 cm³/mol. The summed E-state index contributed by atoms with van der Waals surface area (Å²) in [5.41, 5.74) is 1.81. The molecule has 1 aliphatic heterocycles. The Morgan fingerprint density at radius 1 is 1.04 bits per heavy atom. The summed E-state index contributed by atoms with van der Waals surface area (Å²) in [4.78, 5) is 48.9. The number of rotatable bonds is 6. The molecule has 0 aliphatic carbocycles. The molecule has 1 aliphatic rings. The number of fused-ring (bicyclic) bond motifs is 1. The fraction of sp³-hybridized carbons (Fsp3) is 0.250. The molecule has 2 aromatic rings. The molecule has 0 fully saturated rings. The molecule has 0 saturated heterocycles. The van der Waals surface area contributed by atoms with Crippen molar-refractivity contribution in [1.82, 2.24) is 4.90 Å². The number of benzene rings is 2. The van der Waals surface area contributed by atoms with Gasteiger partial charge in [-0.1, -0.05) is 38.1 Å². The van der Waals surface area contributed by atoms with E-state index in [1.165, 1.54) is 18.2 Å². The first-order valence-corrected chi connectivity index (χ1v) is 8.93. The largest absolute Gasteiger partial charge is 0.324 e. The number of nitro groups is 1. The highest BCUT2D eigenvalue weighted by Crippen LogP contribution is 2.30. The van der Waals surface area contributed by atoms with Crippen LogP contribution in [0.3, 0.4) is 0 Å². The van der Waals surface area contributed by atoms with Gasteiger partial charge >= 0.3 is 0 Å². The molecule has 0 spiro atoms. The number of hydrogen-bond acceptors (Lipinski definition) is 5. The van der Waals surface area contributed by atoms with Gasteiger partial charge in [0, 0.05) is 11.8 Å². The van der Waals surface area contributed by atoms with E-state index in [4.69, 9.17) is 0 Å². The molecule has 8 nitrogen and oxygen atoms in total. The summed E-state index contributed by atoms with van der Waals surface area (Å²) in [7, 11) is 0. The summed E-state index contributed by atoms with van der Waals surface area (Å²) in [6.45, 7) is 3.42. The van der Waals surface area contributed by atoms with Crippen LogP contribution in [0.15, 0.2) is 36.4 Å². The van der Waals surface area contributed by atoms with E-state index in [0.717, 1.165) is 16.0 Å². The first-order valence-electron chi connectivity index (χ1n) is 8.93. The van der Waals surface area contributed by atoms with Crippen molar-refractivity contribution < 1.29 is 19.3 Å². The van der Waals surface area contributed by atoms with Crippen LogP contribution < -0.4 is 5.32 Å². The van der Waals surface area contributed by atoms with Gasteiger partial charge in [0.15, 0.2) is 0 Å². The van der Waals surface area contributed by atoms with Gasteiger partial charge in [-0.25, -0.2) is 0 Å². The first-order chi connectivity index (χ1) is 13.4. The van der Waals surface area contributed by atoms with Gasteiger partial charge in [-0.15, -0.1) is 0 Å². The number of nitro benzene ring substituents is 1. The average Bonchev–Trinajstić information content (AvgIpc) is 2.93. The highest BCUT2D eigenvalue weighted by molar-refractivity contribution is 6.24. The Hall–Kier alpha value is -3.55. The molecule has 144 valence electrons. The van der Waals surface area contributed by atoms with Gasteiger partial charge in [0.1, 0.15) is 12.1 Å². The number of carbonyl (C=O) groups excluding carboxylic acids is 3. The van der Waals surface area contributed by atoms with Crippen LogP contribution >= 0.6 is 0 Å². The van der Waals surface area contributed by atoms with E-state index < -0.39 is 34.9 Å². The minimum Gasteiger partial charge on any atom is -0.324 e. The standard InChI is InChI=1S/C20H19N3O5/c1-3-12-7-5-8-13(4-2)18(12)21-16(24)11-22-19(25)14-9-6-10-15(23(27)28)17(14)20(22)26/h5-10H,3-4,11H2,1-2H3,(H,21,24). The van der Waals surface area contributed by atoms with Crippen LogP contribution in [0.4, 0.5) is 11.4 Å². The summed E-state index contributed by atoms with van der Waals surface area (Å²) < 4.78 is 0. The van der Waals surface area contributed by atoms with Crippen LogP contribution in [0.25, 0.3) is 0 Å². The summed E-state index contributed by atoms with van der Waals surface area (Å²) in [6, 6.07) is 9.58. The number of amides is 3. The zero-order valence-electron chi connectivity index (χ0n) is 15.5. The van der Waals surface area contributed by atoms with Crippen LogP contribution in [0.2, 0.25) is 0 Å². The SMILES string of the molecule is CCc1cccc(CC)c1NC(=O)CN1C(=O)c2cccc([N+](=O)[O-])c2C1=O. The number of para-hydroxylation sites is 1. The lowest BCUT2D eigenvalue weighted by Gasteiger charge is -2.17. The van der Waals surface area contributed by atoms with Crippen molar-refractivity contribution in [1.29, 1.82) is 0 Å². The lowest BCUT2D eigenvalue weighted by molar-refractivity contribution is -0.385. The van der Waals surface area contributed by atoms with E-state index in [9.17, 15) is 24.5 Å². The minimum absolute atomic E-state index is 0.0600. The molecule has 1 heterocycles. The van der Waals surface area contributed by atoms with E-state index in [2.05, 4.69) is 5.32 Å². The van der Waals surface area contributed by atoms with Gasteiger partial charge in [-0.05, 0) is 30.0 Å². The quantitative estimate of drug-likeness (QED) is 0.470. The monoisotopic (exact) mass is 381 g/mol. The van der Waals surface area contributed by atoms with Crippen LogP contribution in [0.1, 0.15) is 45.7 Å². The van der Waals surface area contributed by atoms with Crippen LogP contribution in [0.5, 0.6) is 0 Å². The van der Waals surface area contributed by atoms with E-state index in [1.807, 2.05) is 32.0 Å². The van der Waals surface area contributed by atoms with Gasteiger partial charge in [0.2, 0.25) is 5.91 Å². The summed E-state index contributed by atoms with van der Waals surface area (Å²) >= 11 is 0. The molecule has 0 atom stereocenters. The van der Waals surface area contributed by atoms with Gasteiger partial charge in [0.05, 0.1) is 10.5 Å². The highest BCUT2D eigenvalue weighted by atomic mass is 16.6. The third-order valence-corrected chi connectivity index (χ3v) is 4.74. The van der Waals surface area contributed by atoms with Crippen molar-refractivity contribution in [2.24, 2.45) is 0 Å². The zero-order valence-corrected chi connectivity index (χ0v) is 15.5. The van der Waals surface area contributed by atoms with Crippen molar-refractivity contribution in [3.8, 4) is 0 Å². The molecular weight excluding hydrogens is 362 g/mol. The lowest BCUT2D eigenvalue weighted by Crippen LogP contribution is -2.37. The molecule has 2 aromatic carbocycles. The van der Waals surface area contributed by atoms with Gasteiger partial charge in [-0.2, -0.15) is 0 Å². The molecular formula is C20H19N3O5. The number of hydrogen-bond donors (Lipinski definition) is 1. The lowest BCUT2D eigenvalue weighted by atomic mass is 10.0. The normalized spacial score (nSPS) is 12.9. The maximum atomic E-state index is 12.6. The molecule has 3 amide bonds. The molecule has 0 unspecified atom stereocenters. The maximum Gasteiger partial charge on any atom is 0.282 e. The maximum absolute atomic E-state index is 12.6. The summed E-state index contributed by atoms with van der Waals surface area (Å²) in [6.07, 6.45) is 1.42. The fourth-order valence-electron chi connectivity index (χ4n) is 3.34. The van der Waals surface area contributed by atoms with E-state index in [-0.39, 0.29) is 11.1 Å². The van der Waals surface area contributed by atoms with Crippen molar-refractivity contribution in [3.05, 3.63) is 68.8 Å². The summed E-state index contributed by atoms with van der Waals surface area (Å²) in [5, 5.41) is 14.0. The molecule has 0 saturated carbocycles. The Labute approximate surface area is 161 Å². The van der Waals surface area contributed by atoms with E-state index in [0.29, 0.717) is 18.5 Å². The topological polar surface area (TPSA) is 110 Å². The Balaban J connectivity index is 1.85. The number of nitrogens with zero attached hydrogens (tertiary/aromatic N) is 2. The summed E-state index contributed by atoms with van der Waals surface area (Å²) in [5.74, 6) is -2.08. The molecule has 0 aromatic heterocycles. The van der Waals surface area contributed by atoms with E-state index in [1.54, 1.807) is 0 Å². The zero-order chi connectivity index (χ0) is 20.4.